The van der Waals surface area contributed by atoms with Crippen molar-refractivity contribution in [2.24, 2.45) is 5.10 Å². The second kappa shape index (κ2) is 7.15. The Kier molecular flexibility index (Phi) is 4.70. The molecule has 1 saturated heterocycles. The predicted molar refractivity (Wildman–Crippen MR) is 104 cm³/mol. The van der Waals surface area contributed by atoms with Gasteiger partial charge in [0.25, 0.3) is 5.91 Å². The van der Waals surface area contributed by atoms with Crippen LogP contribution >= 0.6 is 0 Å². The van der Waals surface area contributed by atoms with Gasteiger partial charge in [-0.3, -0.25) is 9.80 Å². The molecule has 0 aromatic heterocycles. The lowest BCUT2D eigenvalue weighted by Gasteiger charge is -2.28. The Morgan fingerprint density at radius 3 is 2.37 bits per heavy atom. The summed E-state index contributed by atoms with van der Waals surface area (Å²) in [5, 5.41) is 5.59. The Bertz CT molecular complexity index is 981. The van der Waals surface area contributed by atoms with Gasteiger partial charge in [0, 0.05) is 19.6 Å². The minimum absolute atomic E-state index is 0.149. The molecule has 0 saturated carbocycles. The highest BCUT2D eigenvalue weighted by atomic mass is 32.2. The largest absolute Gasteiger partial charge is 0.337 e. The van der Waals surface area contributed by atoms with E-state index in [0.29, 0.717) is 31.7 Å². The Labute approximate surface area is 159 Å². The summed E-state index contributed by atoms with van der Waals surface area (Å²) in [5.74, 6) is -0.494. The van der Waals surface area contributed by atoms with E-state index in [2.05, 4.69) is 5.10 Å². The van der Waals surface area contributed by atoms with Crippen LogP contribution in [0.4, 0.5) is 5.69 Å². The van der Waals surface area contributed by atoms with Gasteiger partial charge >= 0.3 is 0 Å². The maximum Gasteiger partial charge on any atom is 0.286 e. The number of likely N-dealkylation sites (tertiary alicyclic amines) is 1. The van der Waals surface area contributed by atoms with Crippen LogP contribution in [0.15, 0.2) is 64.6 Å². The number of amides is 1. The molecule has 140 valence electrons. The monoisotopic (exact) mass is 383 g/mol. The third-order valence-corrected chi connectivity index (χ3v) is 6.62. The van der Waals surface area contributed by atoms with Gasteiger partial charge in [-0.2, -0.15) is 5.10 Å². The number of hydrogen-bond acceptors (Lipinski definition) is 5. The summed E-state index contributed by atoms with van der Waals surface area (Å²) in [5.41, 5.74) is 1.65. The maximum absolute atomic E-state index is 13.0. The van der Waals surface area contributed by atoms with Gasteiger partial charge in [0.2, 0.25) is 14.9 Å². The number of carbonyl (C=O) groups is 1. The van der Waals surface area contributed by atoms with E-state index in [0.717, 1.165) is 18.4 Å². The molecule has 0 spiro atoms. The minimum Gasteiger partial charge on any atom is -0.337 e. The molecule has 0 bridgehead atoms. The molecule has 0 aliphatic carbocycles. The number of nitrogens with zero attached hydrogens (tertiary/aromatic N) is 3. The molecule has 6 nitrogen and oxygen atoms in total. The fraction of sp³-hybridized carbons (Fsp3) is 0.300. The fourth-order valence-corrected chi connectivity index (χ4v) is 4.96. The minimum atomic E-state index is -3.92. The maximum atomic E-state index is 13.0. The average molecular weight is 383 g/mol. The smallest absolute Gasteiger partial charge is 0.286 e. The molecule has 7 heteroatoms. The molecule has 0 atom stereocenters. The van der Waals surface area contributed by atoms with Crippen molar-refractivity contribution >= 4 is 26.5 Å². The summed E-state index contributed by atoms with van der Waals surface area (Å²) in [7, 11) is -3.92. The summed E-state index contributed by atoms with van der Waals surface area (Å²) in [6.45, 7) is 1.66. The lowest BCUT2D eigenvalue weighted by Crippen LogP contribution is -2.42. The normalized spacial score (nSPS) is 18.1. The first-order chi connectivity index (χ1) is 13.1. The number of fused-ring (bicyclic) bond motifs is 1. The van der Waals surface area contributed by atoms with Crippen LogP contribution in [0.25, 0.3) is 0 Å². The zero-order valence-electron chi connectivity index (χ0n) is 14.9. The Balaban J connectivity index is 1.69. The standard InChI is InChI=1S/C20H21N3O3S/c24-20(22-13-6-7-14-22)19-21-23(15-12-16-8-2-1-3-9-16)17-10-4-5-11-18(17)27(19,25)26/h1-5,8-11H,6-7,12-15H2. The Hall–Kier alpha value is -2.67. The molecule has 0 N–H and O–H groups in total. The van der Waals surface area contributed by atoms with Crippen molar-refractivity contribution in [3.63, 3.8) is 0 Å². The third kappa shape index (κ3) is 3.35. The highest BCUT2D eigenvalue weighted by Gasteiger charge is 2.39. The molecular weight excluding hydrogens is 362 g/mol. The summed E-state index contributed by atoms with van der Waals surface area (Å²) in [6, 6.07) is 16.7. The van der Waals surface area contributed by atoms with Gasteiger partial charge < -0.3 is 4.90 Å². The molecule has 2 aliphatic heterocycles. The van der Waals surface area contributed by atoms with E-state index in [1.54, 1.807) is 34.2 Å². The third-order valence-electron chi connectivity index (χ3n) is 4.93. The van der Waals surface area contributed by atoms with Crippen molar-refractivity contribution in [3.8, 4) is 0 Å². The highest BCUT2D eigenvalue weighted by molar-refractivity contribution is 8.08. The van der Waals surface area contributed by atoms with Crippen LogP contribution in [-0.4, -0.2) is 43.9 Å². The van der Waals surface area contributed by atoms with Crippen molar-refractivity contribution in [1.29, 1.82) is 0 Å². The van der Waals surface area contributed by atoms with E-state index in [1.165, 1.54) is 0 Å². The van der Waals surface area contributed by atoms with Gasteiger partial charge in [-0.05, 0) is 37.0 Å². The van der Waals surface area contributed by atoms with Gasteiger partial charge in [0.05, 0.1) is 10.6 Å². The van der Waals surface area contributed by atoms with Crippen LogP contribution in [-0.2, 0) is 21.1 Å². The molecule has 4 rings (SSSR count). The van der Waals surface area contributed by atoms with E-state index in [-0.39, 0.29) is 9.94 Å². The second-order valence-electron chi connectivity index (χ2n) is 6.73. The SMILES string of the molecule is O=C(C1=NN(CCc2ccccc2)c2ccccc2S1(=O)=O)N1CCCC1. The molecule has 0 radical (unpaired) electrons. The van der Waals surface area contributed by atoms with Crippen LogP contribution in [0, 0.1) is 0 Å². The van der Waals surface area contributed by atoms with Crippen LogP contribution in [0.5, 0.6) is 0 Å². The first-order valence-electron chi connectivity index (χ1n) is 9.11. The van der Waals surface area contributed by atoms with Gasteiger partial charge in [0.1, 0.15) is 0 Å². The quantitative estimate of drug-likeness (QED) is 0.813. The number of carbonyl (C=O) groups excluding carboxylic acids is 1. The van der Waals surface area contributed by atoms with Gasteiger partial charge in [-0.25, -0.2) is 8.42 Å². The van der Waals surface area contributed by atoms with Crippen LogP contribution < -0.4 is 5.01 Å². The lowest BCUT2D eigenvalue weighted by molar-refractivity contribution is -0.122. The molecule has 2 aromatic carbocycles. The first kappa shape index (κ1) is 17.7. The molecular formula is C20H21N3O3S. The van der Waals surface area contributed by atoms with Crippen LogP contribution in [0.2, 0.25) is 0 Å². The lowest BCUT2D eigenvalue weighted by atomic mass is 10.1. The topological polar surface area (TPSA) is 70.0 Å². The number of hydrogen-bond donors (Lipinski definition) is 0. The highest BCUT2D eigenvalue weighted by Crippen LogP contribution is 2.32. The van der Waals surface area contributed by atoms with E-state index >= 15 is 0 Å². The van der Waals surface area contributed by atoms with Crippen LogP contribution in [0.3, 0.4) is 0 Å². The number of anilines is 1. The number of para-hydroxylation sites is 1. The van der Waals surface area contributed by atoms with Gasteiger partial charge in [0.15, 0.2) is 0 Å². The summed E-state index contributed by atoms with van der Waals surface area (Å²) in [4.78, 5) is 14.6. The Morgan fingerprint density at radius 1 is 0.963 bits per heavy atom. The number of hydrazone groups is 1. The molecule has 27 heavy (non-hydrogen) atoms. The average Bonchev–Trinajstić information content (AvgIpc) is 3.23. The van der Waals surface area contributed by atoms with Gasteiger partial charge in [-0.15, -0.1) is 0 Å². The van der Waals surface area contributed by atoms with Crippen molar-refractivity contribution < 1.29 is 13.2 Å². The summed E-state index contributed by atoms with van der Waals surface area (Å²) >= 11 is 0. The molecule has 2 heterocycles. The van der Waals surface area contributed by atoms with Crippen molar-refractivity contribution in [2.45, 2.75) is 24.2 Å². The first-order valence-corrected chi connectivity index (χ1v) is 10.6. The second-order valence-corrected chi connectivity index (χ2v) is 8.57. The number of sulfone groups is 1. The number of rotatable bonds is 4. The zero-order valence-corrected chi connectivity index (χ0v) is 15.7. The van der Waals surface area contributed by atoms with Crippen molar-refractivity contribution in [3.05, 3.63) is 60.2 Å². The molecule has 0 unspecified atom stereocenters. The van der Waals surface area contributed by atoms with Crippen molar-refractivity contribution in [2.75, 3.05) is 24.6 Å². The zero-order chi connectivity index (χ0) is 18.9. The van der Waals surface area contributed by atoms with E-state index in [4.69, 9.17) is 0 Å². The van der Waals surface area contributed by atoms with Crippen molar-refractivity contribution in [1.82, 2.24) is 4.90 Å². The summed E-state index contributed by atoms with van der Waals surface area (Å²) < 4.78 is 26.0. The summed E-state index contributed by atoms with van der Waals surface area (Å²) in [6.07, 6.45) is 2.49. The molecule has 1 fully saturated rings. The molecule has 2 aliphatic rings. The Morgan fingerprint density at radius 2 is 1.63 bits per heavy atom. The number of benzene rings is 2. The fourth-order valence-electron chi connectivity index (χ4n) is 3.48. The van der Waals surface area contributed by atoms with Gasteiger partial charge in [-0.1, -0.05) is 42.5 Å². The molecule has 1 amide bonds. The van der Waals surface area contributed by atoms with E-state index in [1.807, 2.05) is 30.3 Å². The molecule has 2 aromatic rings. The van der Waals surface area contributed by atoms with E-state index < -0.39 is 15.7 Å². The predicted octanol–water partition coefficient (Wildman–Crippen LogP) is 2.46. The van der Waals surface area contributed by atoms with Crippen LogP contribution in [0.1, 0.15) is 18.4 Å². The van der Waals surface area contributed by atoms with E-state index in [9.17, 15) is 13.2 Å².